The second kappa shape index (κ2) is 10.1. The lowest BCUT2D eigenvalue weighted by Crippen LogP contribution is -2.39. The number of aromatic nitrogens is 2. The van der Waals surface area contributed by atoms with E-state index in [2.05, 4.69) is 51.9 Å². The van der Waals surface area contributed by atoms with Gasteiger partial charge in [0, 0.05) is 45.2 Å². The first kappa shape index (κ1) is 21.5. The first-order valence-electron chi connectivity index (χ1n) is 11.2. The predicted octanol–water partition coefficient (Wildman–Crippen LogP) is 4.40. The number of rotatable bonds is 8. The van der Waals surface area contributed by atoms with Crippen LogP contribution in [-0.4, -0.2) is 49.8 Å². The molecule has 6 nitrogen and oxygen atoms in total. The number of fused-ring (bicyclic) bond motifs is 1. The molecule has 164 valence electrons. The SMILES string of the molecule is CO[C@H](CN[C@H]1CC[C@@H](Nc2nc(N(C)C)c3ccccc3n2)CC1)c1ccccc1. The van der Waals surface area contributed by atoms with Crippen LogP contribution in [0.4, 0.5) is 11.8 Å². The molecule has 2 aromatic carbocycles. The summed E-state index contributed by atoms with van der Waals surface area (Å²) in [5, 5.41) is 8.38. The first-order valence-corrected chi connectivity index (χ1v) is 11.2. The average molecular weight is 420 g/mol. The molecule has 0 amide bonds. The van der Waals surface area contributed by atoms with E-state index in [4.69, 9.17) is 14.7 Å². The van der Waals surface area contributed by atoms with E-state index in [1.54, 1.807) is 7.11 Å². The average Bonchev–Trinajstić information content (AvgIpc) is 2.80. The molecule has 0 radical (unpaired) electrons. The Morgan fingerprint density at radius 1 is 0.935 bits per heavy atom. The van der Waals surface area contributed by atoms with Crippen molar-refractivity contribution in [3.8, 4) is 0 Å². The smallest absolute Gasteiger partial charge is 0.225 e. The van der Waals surface area contributed by atoms with Crippen LogP contribution in [0.15, 0.2) is 54.6 Å². The third kappa shape index (κ3) is 5.32. The summed E-state index contributed by atoms with van der Waals surface area (Å²) in [4.78, 5) is 11.6. The minimum atomic E-state index is 0.0903. The van der Waals surface area contributed by atoms with Crippen molar-refractivity contribution in [3.63, 3.8) is 0 Å². The van der Waals surface area contributed by atoms with Gasteiger partial charge < -0.3 is 20.3 Å². The molecule has 1 atom stereocenters. The molecule has 1 saturated carbocycles. The van der Waals surface area contributed by atoms with Crippen LogP contribution in [0.2, 0.25) is 0 Å². The summed E-state index contributed by atoms with van der Waals surface area (Å²) in [7, 11) is 5.84. The third-order valence-electron chi connectivity index (χ3n) is 6.11. The highest BCUT2D eigenvalue weighted by atomic mass is 16.5. The summed E-state index contributed by atoms with van der Waals surface area (Å²) >= 11 is 0. The van der Waals surface area contributed by atoms with Gasteiger partial charge in [-0.15, -0.1) is 0 Å². The predicted molar refractivity (Wildman–Crippen MR) is 128 cm³/mol. The van der Waals surface area contributed by atoms with Crippen LogP contribution < -0.4 is 15.5 Å². The molecule has 0 spiro atoms. The summed E-state index contributed by atoms with van der Waals surface area (Å²) in [6, 6.07) is 19.5. The van der Waals surface area contributed by atoms with E-state index in [0.717, 1.165) is 54.9 Å². The fourth-order valence-corrected chi connectivity index (χ4v) is 4.37. The van der Waals surface area contributed by atoms with Gasteiger partial charge in [0.2, 0.25) is 5.95 Å². The van der Waals surface area contributed by atoms with Gasteiger partial charge in [-0.05, 0) is 43.4 Å². The number of para-hydroxylation sites is 1. The Kier molecular flexibility index (Phi) is 6.99. The Morgan fingerprint density at radius 2 is 1.61 bits per heavy atom. The molecular formula is C25H33N5O. The number of nitrogens with zero attached hydrogens (tertiary/aromatic N) is 3. The standard InChI is InChI=1S/C25H33N5O/c1-30(2)24-21-11-7-8-12-22(21)28-25(29-24)27-20-15-13-19(14-16-20)26-17-23(31-3)18-9-5-4-6-10-18/h4-12,19-20,23,26H,13-17H2,1-3H3,(H,27,28,29)/t19-,20+,23-/m1/s1. The maximum atomic E-state index is 5.70. The van der Waals surface area contributed by atoms with Crippen LogP contribution in [0.5, 0.6) is 0 Å². The van der Waals surface area contributed by atoms with Gasteiger partial charge in [-0.2, -0.15) is 4.98 Å². The summed E-state index contributed by atoms with van der Waals surface area (Å²) in [6.45, 7) is 0.837. The van der Waals surface area contributed by atoms with Crippen molar-refractivity contribution in [2.45, 2.75) is 43.9 Å². The van der Waals surface area contributed by atoms with E-state index >= 15 is 0 Å². The summed E-state index contributed by atoms with van der Waals surface area (Å²) in [5.41, 5.74) is 2.20. The van der Waals surface area contributed by atoms with Gasteiger partial charge in [-0.25, -0.2) is 4.98 Å². The van der Waals surface area contributed by atoms with Crippen molar-refractivity contribution in [2.24, 2.45) is 0 Å². The molecule has 1 aromatic heterocycles. The highest BCUT2D eigenvalue weighted by Gasteiger charge is 2.23. The van der Waals surface area contributed by atoms with Gasteiger partial charge in [-0.3, -0.25) is 0 Å². The van der Waals surface area contributed by atoms with Crippen LogP contribution in [0.3, 0.4) is 0 Å². The highest BCUT2D eigenvalue weighted by Crippen LogP contribution is 2.26. The maximum Gasteiger partial charge on any atom is 0.225 e. The zero-order valence-corrected chi connectivity index (χ0v) is 18.7. The van der Waals surface area contributed by atoms with Crippen molar-refractivity contribution in [1.29, 1.82) is 0 Å². The highest BCUT2D eigenvalue weighted by molar-refractivity contribution is 5.90. The molecule has 6 heteroatoms. The van der Waals surface area contributed by atoms with Crippen molar-refractivity contribution >= 4 is 22.7 Å². The molecule has 2 N–H and O–H groups in total. The lowest BCUT2D eigenvalue weighted by molar-refractivity contribution is 0.0974. The van der Waals surface area contributed by atoms with Crippen molar-refractivity contribution < 1.29 is 4.74 Å². The van der Waals surface area contributed by atoms with Crippen molar-refractivity contribution in [3.05, 3.63) is 60.2 Å². The zero-order valence-electron chi connectivity index (χ0n) is 18.7. The molecule has 0 bridgehead atoms. The van der Waals surface area contributed by atoms with Crippen LogP contribution in [-0.2, 0) is 4.74 Å². The largest absolute Gasteiger partial charge is 0.375 e. The second-order valence-electron chi connectivity index (χ2n) is 8.52. The van der Waals surface area contributed by atoms with Crippen molar-refractivity contribution in [1.82, 2.24) is 15.3 Å². The molecule has 0 saturated heterocycles. The van der Waals surface area contributed by atoms with Gasteiger partial charge >= 0.3 is 0 Å². The van der Waals surface area contributed by atoms with E-state index in [1.807, 2.05) is 32.3 Å². The fourth-order valence-electron chi connectivity index (χ4n) is 4.37. The number of hydrogen-bond donors (Lipinski definition) is 2. The topological polar surface area (TPSA) is 62.3 Å². The molecule has 1 heterocycles. The Balaban J connectivity index is 1.32. The Morgan fingerprint density at radius 3 is 2.32 bits per heavy atom. The van der Waals surface area contributed by atoms with Gasteiger partial charge in [0.05, 0.1) is 11.6 Å². The third-order valence-corrected chi connectivity index (χ3v) is 6.11. The van der Waals surface area contributed by atoms with E-state index in [1.165, 1.54) is 5.56 Å². The molecule has 3 aromatic rings. The minimum absolute atomic E-state index is 0.0903. The minimum Gasteiger partial charge on any atom is -0.375 e. The molecule has 1 fully saturated rings. The summed E-state index contributed by atoms with van der Waals surface area (Å²) in [6.07, 6.45) is 4.57. The number of anilines is 2. The lowest BCUT2D eigenvalue weighted by Gasteiger charge is -2.31. The fraction of sp³-hybridized carbons (Fsp3) is 0.440. The molecule has 1 aliphatic rings. The molecule has 4 rings (SSSR count). The van der Waals surface area contributed by atoms with Crippen LogP contribution in [0.1, 0.15) is 37.4 Å². The van der Waals surface area contributed by atoms with E-state index in [0.29, 0.717) is 12.1 Å². The monoisotopic (exact) mass is 419 g/mol. The molecule has 0 aliphatic heterocycles. The zero-order chi connectivity index (χ0) is 21.6. The number of nitrogens with one attached hydrogen (secondary N) is 2. The summed E-state index contributed by atoms with van der Waals surface area (Å²) in [5.74, 6) is 1.68. The lowest BCUT2D eigenvalue weighted by atomic mass is 9.91. The molecule has 0 unspecified atom stereocenters. The Bertz CT molecular complexity index is 970. The second-order valence-corrected chi connectivity index (χ2v) is 8.52. The van der Waals surface area contributed by atoms with Gasteiger partial charge in [0.15, 0.2) is 0 Å². The molecular weight excluding hydrogens is 386 g/mol. The van der Waals surface area contributed by atoms with E-state index in [9.17, 15) is 0 Å². The Labute approximate surface area is 185 Å². The van der Waals surface area contributed by atoms with Crippen LogP contribution in [0.25, 0.3) is 10.9 Å². The number of hydrogen-bond acceptors (Lipinski definition) is 6. The number of ether oxygens (including phenoxy) is 1. The van der Waals surface area contributed by atoms with Crippen LogP contribution in [0, 0.1) is 0 Å². The number of benzene rings is 2. The van der Waals surface area contributed by atoms with E-state index < -0.39 is 0 Å². The summed E-state index contributed by atoms with van der Waals surface area (Å²) < 4.78 is 5.70. The van der Waals surface area contributed by atoms with Gasteiger partial charge in [0.1, 0.15) is 5.82 Å². The molecule has 31 heavy (non-hydrogen) atoms. The van der Waals surface area contributed by atoms with Crippen LogP contribution >= 0.6 is 0 Å². The number of methoxy groups -OCH3 is 1. The van der Waals surface area contributed by atoms with Gasteiger partial charge in [-0.1, -0.05) is 42.5 Å². The normalized spacial score (nSPS) is 19.8. The maximum absolute atomic E-state index is 5.70. The quantitative estimate of drug-likeness (QED) is 0.564. The van der Waals surface area contributed by atoms with Crippen molar-refractivity contribution in [2.75, 3.05) is 38.0 Å². The first-order chi connectivity index (χ1) is 15.1. The molecule has 1 aliphatic carbocycles. The van der Waals surface area contributed by atoms with Gasteiger partial charge in [0.25, 0.3) is 0 Å². The van der Waals surface area contributed by atoms with E-state index in [-0.39, 0.29) is 6.10 Å². The Hall–Kier alpha value is -2.70.